The molecule has 5 rings (SSSR count). The highest BCUT2D eigenvalue weighted by atomic mass is 16.6. The smallest absolute Gasteiger partial charge is 0.413 e. The Morgan fingerprint density at radius 1 is 0.909 bits per heavy atom. The highest BCUT2D eigenvalue weighted by molar-refractivity contribution is 5.80. The number of hydrogen-bond acceptors (Lipinski definition) is 10. The van der Waals surface area contributed by atoms with Gasteiger partial charge in [-0.25, -0.2) is 4.79 Å². The predicted octanol–water partition coefficient (Wildman–Crippen LogP) is 4.95. The highest BCUT2D eigenvalue weighted by Crippen LogP contribution is 2.38. The summed E-state index contributed by atoms with van der Waals surface area (Å²) < 4.78 is 37.5. The molecule has 55 heavy (non-hydrogen) atoms. The van der Waals surface area contributed by atoms with Gasteiger partial charge in [-0.3, -0.25) is 9.69 Å². The Morgan fingerprint density at radius 3 is 1.95 bits per heavy atom. The first-order valence-corrected chi connectivity index (χ1v) is 18.4. The van der Waals surface area contributed by atoms with Crippen LogP contribution in [0.3, 0.4) is 0 Å². The average Bonchev–Trinajstić information content (AvgIpc) is 3.44. The van der Waals surface area contributed by atoms with Gasteiger partial charge in [-0.15, -0.1) is 0 Å². The van der Waals surface area contributed by atoms with Crippen molar-refractivity contribution in [1.29, 1.82) is 0 Å². The van der Waals surface area contributed by atoms with Crippen molar-refractivity contribution < 1.29 is 47.9 Å². The van der Waals surface area contributed by atoms with E-state index in [0.29, 0.717) is 12.9 Å². The Kier molecular flexibility index (Phi) is 13.9. The van der Waals surface area contributed by atoms with Crippen molar-refractivity contribution >= 4 is 18.3 Å². The van der Waals surface area contributed by atoms with E-state index >= 15 is 0 Å². The molecule has 2 aliphatic heterocycles. The SMILES string of the molecule is CC(=O)N[C@@H]1[C@@H](OCc2ccccc2)[C@H](OCc2ccccc2)[C@@H](COCc2ccccc2)O[C@@H]1C#CC(O)[C@@]1(C=O)COC(C)(C)N1C(=O)OC(C)(C)C. The molecule has 0 radical (unpaired) electrons. The quantitative estimate of drug-likeness (QED) is 0.182. The number of nitrogens with zero attached hydrogens (tertiary/aromatic N) is 1. The van der Waals surface area contributed by atoms with Crippen LogP contribution in [0.4, 0.5) is 4.79 Å². The number of amides is 2. The van der Waals surface area contributed by atoms with Crippen LogP contribution < -0.4 is 5.32 Å². The van der Waals surface area contributed by atoms with Crippen LogP contribution in [0, 0.1) is 11.8 Å². The third-order valence-electron chi connectivity index (χ3n) is 9.25. The van der Waals surface area contributed by atoms with Crippen LogP contribution in [0.25, 0.3) is 0 Å². The van der Waals surface area contributed by atoms with E-state index < -0.39 is 59.5 Å². The molecule has 0 aliphatic carbocycles. The summed E-state index contributed by atoms with van der Waals surface area (Å²) in [6.07, 6.45) is -5.57. The van der Waals surface area contributed by atoms with Crippen LogP contribution in [-0.2, 0) is 57.8 Å². The average molecular weight is 757 g/mol. The predicted molar refractivity (Wildman–Crippen MR) is 203 cm³/mol. The molecule has 2 amide bonds. The highest BCUT2D eigenvalue weighted by Gasteiger charge is 2.59. The zero-order valence-electron chi connectivity index (χ0n) is 32.3. The molecule has 2 fully saturated rings. The lowest BCUT2D eigenvalue weighted by Gasteiger charge is -2.45. The van der Waals surface area contributed by atoms with Crippen molar-refractivity contribution in [3.8, 4) is 11.8 Å². The molecule has 2 heterocycles. The van der Waals surface area contributed by atoms with Gasteiger partial charge in [-0.2, -0.15) is 0 Å². The Morgan fingerprint density at radius 2 is 1.44 bits per heavy atom. The van der Waals surface area contributed by atoms with Gasteiger partial charge >= 0.3 is 6.09 Å². The number of rotatable bonds is 13. The van der Waals surface area contributed by atoms with E-state index in [4.69, 9.17) is 28.4 Å². The van der Waals surface area contributed by atoms with Crippen molar-refractivity contribution in [2.45, 2.75) is 115 Å². The largest absolute Gasteiger partial charge is 0.444 e. The monoisotopic (exact) mass is 756 g/mol. The maximum absolute atomic E-state index is 13.5. The van der Waals surface area contributed by atoms with Crippen LogP contribution >= 0.6 is 0 Å². The van der Waals surface area contributed by atoms with Crippen molar-refractivity contribution in [2.24, 2.45) is 0 Å². The second-order valence-electron chi connectivity index (χ2n) is 15.2. The number of carbonyl (C=O) groups is 3. The maximum Gasteiger partial charge on any atom is 0.413 e. The van der Waals surface area contributed by atoms with Crippen LogP contribution in [0.2, 0.25) is 0 Å². The molecule has 7 atom stereocenters. The Hall–Kier alpha value is -4.61. The van der Waals surface area contributed by atoms with Gasteiger partial charge in [-0.05, 0) is 51.3 Å². The first kappa shape index (κ1) is 41.6. The molecule has 0 aromatic heterocycles. The second kappa shape index (κ2) is 18.3. The molecule has 0 saturated carbocycles. The summed E-state index contributed by atoms with van der Waals surface area (Å²) in [6, 6.07) is 28.0. The van der Waals surface area contributed by atoms with E-state index in [1.165, 1.54) is 6.92 Å². The number of ether oxygens (including phenoxy) is 6. The maximum atomic E-state index is 13.5. The van der Waals surface area contributed by atoms with E-state index in [9.17, 15) is 19.5 Å². The fraction of sp³-hybridized carbons (Fsp3) is 0.465. The second-order valence-corrected chi connectivity index (χ2v) is 15.2. The first-order chi connectivity index (χ1) is 26.2. The van der Waals surface area contributed by atoms with E-state index in [-0.39, 0.29) is 32.3 Å². The summed E-state index contributed by atoms with van der Waals surface area (Å²) in [5, 5.41) is 14.7. The summed E-state index contributed by atoms with van der Waals surface area (Å²) in [4.78, 5) is 40.3. The summed E-state index contributed by atoms with van der Waals surface area (Å²) in [5.41, 5.74) is -1.35. The van der Waals surface area contributed by atoms with Crippen molar-refractivity contribution in [1.82, 2.24) is 10.2 Å². The van der Waals surface area contributed by atoms with Crippen molar-refractivity contribution in [2.75, 3.05) is 13.2 Å². The van der Waals surface area contributed by atoms with Crippen LogP contribution in [0.1, 0.15) is 58.2 Å². The molecule has 294 valence electrons. The van der Waals surface area contributed by atoms with Gasteiger partial charge in [0.25, 0.3) is 0 Å². The van der Waals surface area contributed by atoms with Gasteiger partial charge in [0.2, 0.25) is 5.91 Å². The standard InChI is InChI=1S/C43H52N2O10/c1-30(47)44-37-34(22-23-36(48)43(28-46)29-53-42(5,6)45(43)40(49)55-41(2,3)4)54-35(27-50-24-31-16-10-7-11-17-31)38(51-25-32-18-12-8-13-19-32)39(37)52-26-33-20-14-9-15-21-33/h7-21,28,34-39,48H,24-27,29H2,1-6H3,(H,44,47)/t34-,35-,36?,37+,38-,39-,43-/m1/s1. The van der Waals surface area contributed by atoms with Gasteiger partial charge < -0.3 is 43.6 Å². The lowest BCUT2D eigenvalue weighted by molar-refractivity contribution is -0.222. The number of nitrogens with one attached hydrogen (secondary N) is 1. The first-order valence-electron chi connectivity index (χ1n) is 18.4. The summed E-state index contributed by atoms with van der Waals surface area (Å²) >= 11 is 0. The van der Waals surface area contributed by atoms with Gasteiger partial charge in [-0.1, -0.05) is 103 Å². The number of carbonyl (C=O) groups excluding carboxylic acids is 3. The minimum atomic E-state index is -1.92. The van der Waals surface area contributed by atoms with Gasteiger partial charge in [0.1, 0.15) is 41.8 Å². The summed E-state index contributed by atoms with van der Waals surface area (Å²) in [5.74, 6) is 5.39. The number of aldehydes is 1. The van der Waals surface area contributed by atoms with Crippen LogP contribution in [0.15, 0.2) is 91.0 Å². The molecule has 12 nitrogen and oxygen atoms in total. The molecular formula is C43H52N2O10. The van der Waals surface area contributed by atoms with Gasteiger partial charge in [0, 0.05) is 6.92 Å². The van der Waals surface area contributed by atoms with Crippen molar-refractivity contribution in [3.05, 3.63) is 108 Å². The Balaban J connectivity index is 1.51. The van der Waals surface area contributed by atoms with Gasteiger partial charge in [0.15, 0.2) is 11.8 Å². The molecule has 12 heteroatoms. The van der Waals surface area contributed by atoms with Crippen LogP contribution in [0.5, 0.6) is 0 Å². The minimum Gasteiger partial charge on any atom is -0.444 e. The summed E-state index contributed by atoms with van der Waals surface area (Å²) in [7, 11) is 0. The Labute approximate surface area is 323 Å². The molecule has 1 unspecified atom stereocenters. The molecule has 3 aromatic rings. The lowest BCUT2D eigenvalue weighted by Crippen LogP contribution is -2.65. The molecule has 2 saturated heterocycles. The topological polar surface area (TPSA) is 142 Å². The number of aliphatic hydroxyl groups is 1. The van der Waals surface area contributed by atoms with E-state index in [1.54, 1.807) is 34.6 Å². The van der Waals surface area contributed by atoms with Crippen molar-refractivity contribution in [3.63, 3.8) is 0 Å². The Bertz CT molecular complexity index is 1770. The number of hydrogen-bond donors (Lipinski definition) is 2. The molecule has 0 spiro atoms. The fourth-order valence-electron chi connectivity index (χ4n) is 6.65. The molecule has 0 bridgehead atoms. The summed E-state index contributed by atoms with van der Waals surface area (Å²) in [6.45, 7) is 10.1. The minimum absolute atomic E-state index is 0.0692. The molecule has 2 aliphatic rings. The molecular weight excluding hydrogens is 704 g/mol. The molecule has 3 aromatic carbocycles. The fourth-order valence-corrected chi connectivity index (χ4v) is 6.65. The zero-order valence-corrected chi connectivity index (χ0v) is 32.3. The third-order valence-corrected chi connectivity index (χ3v) is 9.25. The van der Waals surface area contributed by atoms with E-state index in [0.717, 1.165) is 21.6 Å². The number of benzene rings is 3. The third kappa shape index (κ3) is 10.8. The lowest BCUT2D eigenvalue weighted by atomic mass is 9.90. The molecule has 2 N–H and O–H groups in total. The zero-order chi connectivity index (χ0) is 39.6. The van der Waals surface area contributed by atoms with Crippen LogP contribution in [-0.4, -0.2) is 94.9 Å². The number of aliphatic hydroxyl groups excluding tert-OH is 1. The van der Waals surface area contributed by atoms with Gasteiger partial charge in [0.05, 0.1) is 39.1 Å². The normalized spacial score (nSPS) is 25.3. The van der Waals surface area contributed by atoms with E-state index in [2.05, 4.69) is 17.2 Å². The van der Waals surface area contributed by atoms with E-state index in [1.807, 2.05) is 91.0 Å².